The zero-order chi connectivity index (χ0) is 21.0. The lowest BCUT2D eigenvalue weighted by Crippen LogP contribution is -2.30. The summed E-state index contributed by atoms with van der Waals surface area (Å²) in [6.45, 7) is 2.93. The molecule has 1 aliphatic rings. The molecule has 5 nitrogen and oxygen atoms in total. The third kappa shape index (κ3) is 4.90. The van der Waals surface area contributed by atoms with Gasteiger partial charge in [-0.2, -0.15) is 11.3 Å². The first-order valence-corrected chi connectivity index (χ1v) is 13.1. The van der Waals surface area contributed by atoms with E-state index in [1.165, 1.54) is 37.0 Å². The third-order valence-corrected chi connectivity index (χ3v) is 7.85. The summed E-state index contributed by atoms with van der Waals surface area (Å²) in [7, 11) is 0. The molecule has 1 aliphatic heterocycles. The summed E-state index contributed by atoms with van der Waals surface area (Å²) in [6, 6.07) is 8.66. The number of nitrogens with zero attached hydrogens (tertiary/aromatic N) is 5. The molecule has 1 aromatic carbocycles. The number of hydrogen-bond acceptors (Lipinski definition) is 7. The van der Waals surface area contributed by atoms with Crippen LogP contribution in [0.4, 0.5) is 4.39 Å². The molecule has 1 fully saturated rings. The number of rotatable bonds is 7. The summed E-state index contributed by atoms with van der Waals surface area (Å²) in [5.74, 6) is 1.37. The number of benzene rings is 1. The van der Waals surface area contributed by atoms with Crippen molar-refractivity contribution in [3.05, 3.63) is 63.8 Å². The van der Waals surface area contributed by atoms with E-state index < -0.39 is 0 Å². The fraction of sp³-hybridized carbons (Fsp3) is 0.318. The van der Waals surface area contributed by atoms with Crippen LogP contribution in [-0.2, 0) is 12.3 Å². The Morgan fingerprint density at radius 1 is 1.00 bits per heavy atom. The molecule has 0 amide bonds. The van der Waals surface area contributed by atoms with Gasteiger partial charge in [-0.05, 0) is 61.6 Å². The standard InChI is InChI=1S/C22H22FN5S3/c23-17-4-6-19(7-5-17)28-20(12-27-9-2-1-3-10-27)25-26-22(28)31-15-18-14-30-21(24-18)16-8-11-29-13-16/h4-8,11,13-14H,1-3,9-10,12,15H2. The maximum atomic E-state index is 13.5. The van der Waals surface area contributed by atoms with Gasteiger partial charge >= 0.3 is 0 Å². The second-order valence-corrected chi connectivity index (χ2v) is 10.1. The van der Waals surface area contributed by atoms with Crippen LogP contribution >= 0.6 is 34.4 Å². The van der Waals surface area contributed by atoms with Gasteiger partial charge in [0.2, 0.25) is 0 Å². The van der Waals surface area contributed by atoms with Crippen molar-refractivity contribution >= 4 is 34.4 Å². The molecule has 0 saturated carbocycles. The van der Waals surface area contributed by atoms with E-state index in [2.05, 4.69) is 41.9 Å². The van der Waals surface area contributed by atoms with E-state index in [-0.39, 0.29) is 5.82 Å². The Morgan fingerprint density at radius 2 is 1.84 bits per heavy atom. The third-order valence-electron chi connectivity index (χ3n) is 5.27. The highest BCUT2D eigenvalue weighted by molar-refractivity contribution is 7.98. The van der Waals surface area contributed by atoms with Gasteiger partial charge in [-0.15, -0.1) is 21.5 Å². The summed E-state index contributed by atoms with van der Waals surface area (Å²) in [5, 5.41) is 17.1. The van der Waals surface area contributed by atoms with E-state index in [0.29, 0.717) is 5.75 Å². The molecule has 5 rings (SSSR count). The highest BCUT2D eigenvalue weighted by Crippen LogP contribution is 2.30. The lowest BCUT2D eigenvalue weighted by Gasteiger charge is -2.26. The topological polar surface area (TPSA) is 46.8 Å². The van der Waals surface area contributed by atoms with Crippen LogP contribution < -0.4 is 0 Å². The van der Waals surface area contributed by atoms with Crippen LogP contribution in [0.15, 0.2) is 51.6 Å². The van der Waals surface area contributed by atoms with E-state index in [9.17, 15) is 4.39 Å². The first-order valence-electron chi connectivity index (χ1n) is 10.3. The molecular formula is C22H22FN5S3. The van der Waals surface area contributed by atoms with Crippen molar-refractivity contribution in [1.82, 2.24) is 24.6 Å². The number of piperidine rings is 1. The van der Waals surface area contributed by atoms with E-state index in [1.807, 2.05) is 0 Å². The van der Waals surface area contributed by atoms with Gasteiger partial charge in [0, 0.05) is 27.8 Å². The van der Waals surface area contributed by atoms with Gasteiger partial charge in [-0.1, -0.05) is 18.2 Å². The molecule has 4 aromatic rings. The van der Waals surface area contributed by atoms with E-state index in [1.54, 1.807) is 46.6 Å². The van der Waals surface area contributed by atoms with Crippen molar-refractivity contribution in [1.29, 1.82) is 0 Å². The Bertz CT molecular complexity index is 1110. The second kappa shape index (κ2) is 9.60. The van der Waals surface area contributed by atoms with Crippen LogP contribution in [0, 0.1) is 5.82 Å². The average Bonchev–Trinajstić information content (AvgIpc) is 3.55. The van der Waals surface area contributed by atoms with Gasteiger partial charge < -0.3 is 0 Å². The number of halogens is 1. The van der Waals surface area contributed by atoms with E-state index >= 15 is 0 Å². The largest absolute Gasteiger partial charge is 0.296 e. The van der Waals surface area contributed by atoms with Gasteiger partial charge in [-0.3, -0.25) is 9.47 Å². The lowest BCUT2D eigenvalue weighted by atomic mass is 10.1. The Labute approximate surface area is 193 Å². The predicted octanol–water partition coefficient (Wildman–Crippen LogP) is 5.87. The molecular weight excluding hydrogens is 449 g/mol. The van der Waals surface area contributed by atoms with Crippen molar-refractivity contribution in [2.45, 2.75) is 36.7 Å². The minimum atomic E-state index is -0.243. The molecule has 0 unspecified atom stereocenters. The van der Waals surface area contributed by atoms with E-state index in [4.69, 9.17) is 4.98 Å². The fourth-order valence-corrected chi connectivity index (χ4v) is 6.19. The van der Waals surface area contributed by atoms with E-state index in [0.717, 1.165) is 47.0 Å². The van der Waals surface area contributed by atoms with Crippen LogP contribution in [0.1, 0.15) is 30.8 Å². The summed E-state index contributed by atoms with van der Waals surface area (Å²) in [6.07, 6.45) is 3.74. The predicted molar refractivity (Wildman–Crippen MR) is 125 cm³/mol. The van der Waals surface area contributed by atoms with Gasteiger partial charge in [-0.25, -0.2) is 9.37 Å². The van der Waals surface area contributed by atoms with Crippen LogP contribution in [-0.4, -0.2) is 37.7 Å². The monoisotopic (exact) mass is 471 g/mol. The average molecular weight is 472 g/mol. The highest BCUT2D eigenvalue weighted by atomic mass is 32.2. The zero-order valence-corrected chi connectivity index (χ0v) is 19.4. The normalized spacial score (nSPS) is 14.9. The molecule has 31 heavy (non-hydrogen) atoms. The molecule has 160 valence electrons. The van der Waals surface area contributed by atoms with Crippen LogP contribution in [0.25, 0.3) is 16.3 Å². The molecule has 0 radical (unpaired) electrons. The Kier molecular flexibility index (Phi) is 6.45. The molecule has 0 spiro atoms. The SMILES string of the molecule is Fc1ccc(-n2c(CN3CCCCC3)nnc2SCc2csc(-c3ccsc3)n2)cc1. The number of hydrogen-bond donors (Lipinski definition) is 0. The number of likely N-dealkylation sites (tertiary alicyclic amines) is 1. The van der Waals surface area contributed by atoms with Crippen LogP contribution in [0.3, 0.4) is 0 Å². The molecule has 0 aliphatic carbocycles. The molecule has 4 heterocycles. The molecule has 0 atom stereocenters. The molecule has 0 N–H and O–H groups in total. The summed E-state index contributed by atoms with van der Waals surface area (Å²) >= 11 is 4.96. The summed E-state index contributed by atoms with van der Waals surface area (Å²) < 4.78 is 15.6. The minimum Gasteiger partial charge on any atom is -0.296 e. The highest BCUT2D eigenvalue weighted by Gasteiger charge is 2.19. The smallest absolute Gasteiger partial charge is 0.196 e. The van der Waals surface area contributed by atoms with Gasteiger partial charge in [0.25, 0.3) is 0 Å². The minimum absolute atomic E-state index is 0.243. The van der Waals surface area contributed by atoms with Crippen LogP contribution in [0.5, 0.6) is 0 Å². The first-order chi connectivity index (χ1) is 15.3. The number of thiazole rings is 1. The molecule has 0 bridgehead atoms. The van der Waals surface area contributed by atoms with Crippen LogP contribution in [0.2, 0.25) is 0 Å². The van der Waals surface area contributed by atoms with Gasteiger partial charge in [0.15, 0.2) is 11.0 Å². The van der Waals surface area contributed by atoms with Crippen molar-refractivity contribution < 1.29 is 4.39 Å². The Morgan fingerprint density at radius 3 is 2.61 bits per heavy atom. The summed E-state index contributed by atoms with van der Waals surface area (Å²) in [5.41, 5.74) is 3.09. The Hall–Kier alpha value is -2.07. The van der Waals surface area contributed by atoms with Crippen molar-refractivity contribution in [2.75, 3.05) is 13.1 Å². The molecule has 9 heteroatoms. The maximum absolute atomic E-state index is 13.5. The quantitative estimate of drug-likeness (QED) is 0.316. The lowest BCUT2D eigenvalue weighted by molar-refractivity contribution is 0.214. The molecule has 1 saturated heterocycles. The van der Waals surface area contributed by atoms with Crippen molar-refractivity contribution in [3.63, 3.8) is 0 Å². The fourth-order valence-electron chi connectivity index (χ4n) is 3.69. The number of thiophene rings is 1. The Balaban J connectivity index is 1.37. The van der Waals surface area contributed by atoms with Gasteiger partial charge in [0.1, 0.15) is 10.8 Å². The maximum Gasteiger partial charge on any atom is 0.196 e. The van der Waals surface area contributed by atoms with Gasteiger partial charge in [0.05, 0.1) is 12.2 Å². The number of thioether (sulfide) groups is 1. The second-order valence-electron chi connectivity index (χ2n) is 7.49. The summed E-state index contributed by atoms with van der Waals surface area (Å²) in [4.78, 5) is 7.20. The molecule has 3 aromatic heterocycles. The number of aromatic nitrogens is 4. The van der Waals surface area contributed by atoms with Crippen molar-refractivity contribution in [2.24, 2.45) is 0 Å². The zero-order valence-electron chi connectivity index (χ0n) is 16.9. The first kappa shape index (κ1) is 20.8. The van der Waals surface area contributed by atoms with Crippen molar-refractivity contribution in [3.8, 4) is 16.3 Å².